The van der Waals surface area contributed by atoms with Crippen LogP contribution in [0.5, 0.6) is 5.75 Å². The summed E-state index contributed by atoms with van der Waals surface area (Å²) in [5, 5.41) is 0.427. The minimum absolute atomic E-state index is 0.0537. The topological polar surface area (TPSA) is 87.7 Å². The van der Waals surface area contributed by atoms with Crippen molar-refractivity contribution in [3.8, 4) is 5.75 Å². The lowest BCUT2D eigenvalue weighted by atomic mass is 10.2. The van der Waals surface area contributed by atoms with E-state index in [1.165, 1.54) is 6.07 Å². The molecule has 1 aliphatic heterocycles. The molecule has 0 bridgehead atoms. The lowest BCUT2D eigenvalue weighted by Crippen LogP contribution is -2.48. The third-order valence-corrected chi connectivity index (χ3v) is 4.23. The number of hydrogen-bond donors (Lipinski definition) is 2. The SMILES string of the molecule is CCOc1ccc(N2C(=O)CC(NNC(=O)c3cccc(Cl)c3)C2=O)cc1. The standard InChI is InChI=1S/C19H18ClN3O4/c1-2-27-15-8-6-14(7-9-15)23-17(24)11-16(19(23)26)21-22-18(25)12-4-3-5-13(20)10-12/h3-10,16,21H,2,11H2,1H3,(H,22,25). The summed E-state index contributed by atoms with van der Waals surface area (Å²) in [7, 11) is 0. The molecule has 1 fully saturated rings. The second-order valence-corrected chi connectivity index (χ2v) is 6.30. The number of hydrogen-bond acceptors (Lipinski definition) is 5. The van der Waals surface area contributed by atoms with Crippen LogP contribution in [0.15, 0.2) is 48.5 Å². The van der Waals surface area contributed by atoms with Crippen LogP contribution in [0, 0.1) is 0 Å². The molecule has 3 amide bonds. The van der Waals surface area contributed by atoms with Crippen LogP contribution in [0.25, 0.3) is 0 Å². The fourth-order valence-corrected chi connectivity index (χ4v) is 2.92. The third-order valence-electron chi connectivity index (χ3n) is 4.00. The number of nitrogens with zero attached hydrogens (tertiary/aromatic N) is 1. The van der Waals surface area contributed by atoms with Crippen LogP contribution in [0.4, 0.5) is 5.69 Å². The Bertz CT molecular complexity index is 870. The van der Waals surface area contributed by atoms with Gasteiger partial charge < -0.3 is 4.74 Å². The Kier molecular flexibility index (Phi) is 5.73. The normalized spacial score (nSPS) is 16.5. The lowest BCUT2D eigenvalue weighted by molar-refractivity contribution is -0.121. The highest BCUT2D eigenvalue weighted by molar-refractivity contribution is 6.31. The first-order valence-corrected chi connectivity index (χ1v) is 8.78. The quantitative estimate of drug-likeness (QED) is 0.586. The monoisotopic (exact) mass is 387 g/mol. The molecule has 2 N–H and O–H groups in total. The number of amides is 3. The molecule has 0 aromatic heterocycles. The van der Waals surface area contributed by atoms with Gasteiger partial charge in [-0.25, -0.2) is 10.3 Å². The van der Waals surface area contributed by atoms with Gasteiger partial charge in [0.1, 0.15) is 11.8 Å². The summed E-state index contributed by atoms with van der Waals surface area (Å²) in [6, 6.07) is 12.2. The number of carbonyl (C=O) groups is 3. The highest BCUT2D eigenvalue weighted by atomic mass is 35.5. The highest BCUT2D eigenvalue weighted by Crippen LogP contribution is 2.25. The summed E-state index contributed by atoms with van der Waals surface area (Å²) >= 11 is 5.86. The number of imide groups is 1. The fourth-order valence-electron chi connectivity index (χ4n) is 2.73. The van der Waals surface area contributed by atoms with E-state index in [9.17, 15) is 14.4 Å². The molecule has 7 nitrogen and oxygen atoms in total. The van der Waals surface area contributed by atoms with E-state index in [0.29, 0.717) is 28.6 Å². The summed E-state index contributed by atoms with van der Waals surface area (Å²) < 4.78 is 5.36. The van der Waals surface area contributed by atoms with Crippen molar-refractivity contribution in [3.05, 3.63) is 59.1 Å². The zero-order chi connectivity index (χ0) is 19.4. The van der Waals surface area contributed by atoms with E-state index in [4.69, 9.17) is 16.3 Å². The molecule has 1 unspecified atom stereocenters. The molecule has 2 aromatic carbocycles. The second-order valence-electron chi connectivity index (χ2n) is 5.86. The molecule has 0 saturated carbocycles. The number of benzene rings is 2. The molecule has 1 heterocycles. The summed E-state index contributed by atoms with van der Waals surface area (Å²) in [5.74, 6) is -0.574. The number of ether oxygens (including phenoxy) is 1. The number of anilines is 1. The number of carbonyl (C=O) groups excluding carboxylic acids is 3. The fraction of sp³-hybridized carbons (Fsp3) is 0.211. The molecule has 1 atom stereocenters. The predicted octanol–water partition coefficient (Wildman–Crippen LogP) is 2.31. The summed E-state index contributed by atoms with van der Waals surface area (Å²) in [6.07, 6.45) is -0.0537. The van der Waals surface area contributed by atoms with Gasteiger partial charge in [0.15, 0.2) is 0 Å². The van der Waals surface area contributed by atoms with E-state index in [1.807, 2.05) is 6.92 Å². The number of rotatable bonds is 6. The van der Waals surface area contributed by atoms with Gasteiger partial charge in [0.05, 0.1) is 18.7 Å². The molecule has 3 rings (SSSR count). The predicted molar refractivity (Wildman–Crippen MR) is 101 cm³/mol. The molecule has 0 radical (unpaired) electrons. The Morgan fingerprint density at radius 1 is 1.22 bits per heavy atom. The summed E-state index contributed by atoms with van der Waals surface area (Å²) in [5.41, 5.74) is 5.88. The number of nitrogens with one attached hydrogen (secondary N) is 2. The Morgan fingerprint density at radius 3 is 2.63 bits per heavy atom. The maximum absolute atomic E-state index is 12.6. The summed E-state index contributed by atoms with van der Waals surface area (Å²) in [6.45, 7) is 2.40. The van der Waals surface area contributed by atoms with Crippen molar-refractivity contribution in [1.29, 1.82) is 0 Å². The highest BCUT2D eigenvalue weighted by Gasteiger charge is 2.39. The van der Waals surface area contributed by atoms with Gasteiger partial charge in [0, 0.05) is 10.6 Å². The average Bonchev–Trinajstić information content (AvgIpc) is 2.94. The van der Waals surface area contributed by atoms with Crippen LogP contribution in [0.3, 0.4) is 0 Å². The van der Waals surface area contributed by atoms with Crippen molar-refractivity contribution in [1.82, 2.24) is 10.9 Å². The molecule has 0 aliphatic carbocycles. The molecule has 2 aromatic rings. The van der Waals surface area contributed by atoms with Gasteiger partial charge in [0.25, 0.3) is 11.8 Å². The van der Waals surface area contributed by atoms with Crippen LogP contribution in [0.1, 0.15) is 23.7 Å². The van der Waals surface area contributed by atoms with Crippen molar-refractivity contribution in [2.75, 3.05) is 11.5 Å². The van der Waals surface area contributed by atoms with Crippen LogP contribution in [-0.2, 0) is 9.59 Å². The number of halogens is 1. The summed E-state index contributed by atoms with van der Waals surface area (Å²) in [4.78, 5) is 38.1. The Hall–Kier alpha value is -2.90. The van der Waals surface area contributed by atoms with Gasteiger partial charge >= 0.3 is 0 Å². The average molecular weight is 388 g/mol. The minimum Gasteiger partial charge on any atom is -0.494 e. The first-order valence-electron chi connectivity index (χ1n) is 8.40. The van der Waals surface area contributed by atoms with Crippen molar-refractivity contribution in [2.45, 2.75) is 19.4 Å². The zero-order valence-corrected chi connectivity index (χ0v) is 15.3. The first-order chi connectivity index (χ1) is 13.0. The van der Waals surface area contributed by atoms with Crippen molar-refractivity contribution >= 4 is 35.0 Å². The van der Waals surface area contributed by atoms with Crippen LogP contribution in [-0.4, -0.2) is 30.4 Å². The Morgan fingerprint density at radius 2 is 1.96 bits per heavy atom. The molecule has 8 heteroatoms. The molecule has 27 heavy (non-hydrogen) atoms. The molecular formula is C19H18ClN3O4. The van der Waals surface area contributed by atoms with E-state index in [0.717, 1.165) is 4.90 Å². The van der Waals surface area contributed by atoms with E-state index in [1.54, 1.807) is 42.5 Å². The van der Waals surface area contributed by atoms with Gasteiger partial charge in [-0.3, -0.25) is 19.8 Å². The van der Waals surface area contributed by atoms with E-state index >= 15 is 0 Å². The first kappa shape index (κ1) is 18.9. The second kappa shape index (κ2) is 8.20. The van der Waals surface area contributed by atoms with Crippen LogP contribution in [0.2, 0.25) is 5.02 Å². The van der Waals surface area contributed by atoms with Gasteiger partial charge in [-0.05, 0) is 49.4 Å². The smallest absolute Gasteiger partial charge is 0.265 e. The largest absolute Gasteiger partial charge is 0.494 e. The Labute approximate surface area is 161 Å². The maximum atomic E-state index is 12.6. The Balaban J connectivity index is 1.64. The van der Waals surface area contributed by atoms with Crippen molar-refractivity contribution in [2.24, 2.45) is 0 Å². The van der Waals surface area contributed by atoms with E-state index < -0.39 is 17.9 Å². The molecular weight excluding hydrogens is 370 g/mol. The van der Waals surface area contributed by atoms with Gasteiger partial charge in [0.2, 0.25) is 5.91 Å². The van der Waals surface area contributed by atoms with Crippen molar-refractivity contribution in [3.63, 3.8) is 0 Å². The zero-order valence-electron chi connectivity index (χ0n) is 14.6. The molecule has 1 saturated heterocycles. The van der Waals surface area contributed by atoms with E-state index in [2.05, 4.69) is 10.9 Å². The van der Waals surface area contributed by atoms with Crippen molar-refractivity contribution < 1.29 is 19.1 Å². The van der Waals surface area contributed by atoms with Crippen LogP contribution >= 0.6 is 11.6 Å². The van der Waals surface area contributed by atoms with Gasteiger partial charge in [-0.1, -0.05) is 17.7 Å². The third kappa shape index (κ3) is 4.27. The lowest BCUT2D eigenvalue weighted by Gasteiger charge is -2.16. The van der Waals surface area contributed by atoms with Crippen LogP contribution < -0.4 is 20.5 Å². The maximum Gasteiger partial charge on any atom is 0.265 e. The van der Waals surface area contributed by atoms with Gasteiger partial charge in [-0.2, -0.15) is 0 Å². The number of hydrazine groups is 1. The molecule has 1 aliphatic rings. The van der Waals surface area contributed by atoms with Gasteiger partial charge in [-0.15, -0.1) is 0 Å². The van der Waals surface area contributed by atoms with E-state index in [-0.39, 0.29) is 12.3 Å². The minimum atomic E-state index is -0.841. The molecule has 140 valence electrons. The molecule has 0 spiro atoms.